The average Bonchev–Trinajstić information content (AvgIpc) is 2.54. The third-order valence-electron chi connectivity index (χ3n) is 4.91. The fraction of sp³-hybridized carbons (Fsp3) is 0.647. The van der Waals surface area contributed by atoms with Crippen molar-refractivity contribution in [3.05, 3.63) is 29.3 Å². The highest BCUT2D eigenvalue weighted by Crippen LogP contribution is 2.31. The summed E-state index contributed by atoms with van der Waals surface area (Å²) in [7, 11) is 0. The Kier molecular flexibility index (Phi) is 6.39. The molecule has 0 aliphatic carbocycles. The molecule has 0 spiro atoms. The van der Waals surface area contributed by atoms with Crippen molar-refractivity contribution in [1.82, 2.24) is 4.90 Å². The summed E-state index contributed by atoms with van der Waals surface area (Å²) < 4.78 is 0. The molecule has 2 nitrogen and oxygen atoms in total. The second kappa shape index (κ2) is 7.85. The zero-order valence-electron chi connectivity index (χ0n) is 13.1. The van der Waals surface area contributed by atoms with Gasteiger partial charge in [0.25, 0.3) is 0 Å². The van der Waals surface area contributed by atoms with E-state index in [1.54, 1.807) is 0 Å². The first-order valence-corrected chi connectivity index (χ1v) is 9.42. The smallest absolute Gasteiger partial charge is 0.0639 e. The van der Waals surface area contributed by atoms with Crippen LogP contribution in [0.4, 0.5) is 5.69 Å². The molecule has 1 aromatic rings. The molecule has 118 valence electrons. The Bertz CT molecular complexity index is 432. The lowest BCUT2D eigenvalue weighted by Crippen LogP contribution is -2.50. The Morgan fingerprint density at radius 3 is 2.24 bits per heavy atom. The van der Waals surface area contributed by atoms with E-state index >= 15 is 0 Å². The van der Waals surface area contributed by atoms with Crippen molar-refractivity contribution in [3.63, 3.8) is 0 Å². The fourth-order valence-corrected chi connectivity index (χ4v) is 4.26. The van der Waals surface area contributed by atoms with Crippen LogP contribution in [0, 0.1) is 5.41 Å². The Labute approximate surface area is 142 Å². The van der Waals surface area contributed by atoms with Gasteiger partial charge in [-0.05, 0) is 30.4 Å². The molecule has 1 saturated heterocycles. The van der Waals surface area contributed by atoms with E-state index in [4.69, 9.17) is 11.6 Å². The van der Waals surface area contributed by atoms with Gasteiger partial charge in [0.15, 0.2) is 0 Å². The number of anilines is 1. The molecule has 4 heteroatoms. The maximum Gasteiger partial charge on any atom is 0.0639 e. The molecule has 0 amide bonds. The number of piperazine rings is 1. The lowest BCUT2D eigenvalue weighted by atomic mass is 9.84. The van der Waals surface area contributed by atoms with Crippen molar-refractivity contribution in [1.29, 1.82) is 0 Å². The molecule has 1 aliphatic rings. The van der Waals surface area contributed by atoms with Gasteiger partial charge < -0.3 is 4.90 Å². The summed E-state index contributed by atoms with van der Waals surface area (Å²) in [5.74, 6) is 0. The number of halogens is 2. The second-order valence-electron chi connectivity index (χ2n) is 6.06. The van der Waals surface area contributed by atoms with Gasteiger partial charge in [-0.25, -0.2) is 0 Å². The summed E-state index contributed by atoms with van der Waals surface area (Å²) in [4.78, 5) is 5.02. The molecule has 0 saturated carbocycles. The molecule has 0 N–H and O–H groups in total. The minimum atomic E-state index is 0.423. The standard InChI is InChI=1S/C17H26BrClN2/c1-3-17(4-2,13-18)14-20-9-11-21(12-10-20)16-8-6-5-7-15(16)19/h5-8H,3-4,9-14H2,1-2H3. The van der Waals surface area contributed by atoms with Crippen LogP contribution >= 0.6 is 27.5 Å². The first-order chi connectivity index (χ1) is 10.1. The number of benzene rings is 1. The van der Waals surface area contributed by atoms with E-state index in [9.17, 15) is 0 Å². The summed E-state index contributed by atoms with van der Waals surface area (Å²) in [6.07, 6.45) is 2.47. The van der Waals surface area contributed by atoms with Crippen LogP contribution < -0.4 is 4.90 Å². The topological polar surface area (TPSA) is 6.48 Å². The first-order valence-electron chi connectivity index (χ1n) is 7.92. The van der Waals surface area contributed by atoms with Crippen molar-refractivity contribution in [2.24, 2.45) is 5.41 Å². The molecule has 0 unspecified atom stereocenters. The van der Waals surface area contributed by atoms with Crippen LogP contribution in [0.3, 0.4) is 0 Å². The minimum Gasteiger partial charge on any atom is -0.368 e. The van der Waals surface area contributed by atoms with Gasteiger partial charge >= 0.3 is 0 Å². The van der Waals surface area contributed by atoms with Crippen LogP contribution in [0.25, 0.3) is 0 Å². The van der Waals surface area contributed by atoms with Gasteiger partial charge in [0, 0.05) is 38.1 Å². The molecule has 21 heavy (non-hydrogen) atoms. The van der Waals surface area contributed by atoms with Crippen molar-refractivity contribution < 1.29 is 0 Å². The number of hydrogen-bond acceptors (Lipinski definition) is 2. The van der Waals surface area contributed by atoms with E-state index in [-0.39, 0.29) is 0 Å². The van der Waals surface area contributed by atoms with Crippen molar-refractivity contribution in [2.45, 2.75) is 26.7 Å². The average molecular weight is 374 g/mol. The number of hydrogen-bond donors (Lipinski definition) is 0. The first kappa shape index (κ1) is 17.1. The maximum atomic E-state index is 6.31. The SMILES string of the molecule is CCC(CC)(CBr)CN1CCN(c2ccccc2Cl)CC1. The Hall–Kier alpha value is -0.250. The zero-order chi connectivity index (χ0) is 15.3. The maximum absolute atomic E-state index is 6.31. The Balaban J connectivity index is 1.93. The van der Waals surface area contributed by atoms with Crippen LogP contribution in [0.1, 0.15) is 26.7 Å². The van der Waals surface area contributed by atoms with Gasteiger partial charge in [-0.3, -0.25) is 4.90 Å². The molecule has 1 aliphatic heterocycles. The summed E-state index contributed by atoms with van der Waals surface area (Å²) in [6.45, 7) is 10.2. The highest BCUT2D eigenvalue weighted by atomic mass is 79.9. The highest BCUT2D eigenvalue weighted by Gasteiger charge is 2.29. The third-order valence-corrected chi connectivity index (χ3v) is 6.42. The molecule has 0 bridgehead atoms. The van der Waals surface area contributed by atoms with Crippen LogP contribution in [-0.4, -0.2) is 43.0 Å². The summed E-state index contributed by atoms with van der Waals surface area (Å²) >= 11 is 10.0. The number of alkyl halides is 1. The minimum absolute atomic E-state index is 0.423. The third kappa shape index (κ3) is 4.14. The molecular formula is C17H26BrClN2. The van der Waals surface area contributed by atoms with Crippen LogP contribution in [0.5, 0.6) is 0 Å². The lowest BCUT2D eigenvalue weighted by Gasteiger charge is -2.41. The quantitative estimate of drug-likeness (QED) is 0.669. The molecule has 0 atom stereocenters. The van der Waals surface area contributed by atoms with Crippen LogP contribution in [0.15, 0.2) is 24.3 Å². The van der Waals surface area contributed by atoms with E-state index in [1.807, 2.05) is 12.1 Å². The van der Waals surface area contributed by atoms with E-state index in [0.29, 0.717) is 5.41 Å². The molecule has 0 radical (unpaired) electrons. The molecule has 2 rings (SSSR count). The predicted octanol–water partition coefficient (Wildman–Crippen LogP) is 4.66. The van der Waals surface area contributed by atoms with Crippen LogP contribution in [0.2, 0.25) is 5.02 Å². The van der Waals surface area contributed by atoms with E-state index < -0.39 is 0 Å². The molecule has 1 fully saturated rings. The van der Waals surface area contributed by atoms with Gasteiger partial charge in [-0.15, -0.1) is 0 Å². The molecule has 1 aromatic carbocycles. The van der Waals surface area contributed by atoms with E-state index in [1.165, 1.54) is 25.1 Å². The molecule has 0 aromatic heterocycles. The van der Waals surface area contributed by atoms with Crippen molar-refractivity contribution in [3.8, 4) is 0 Å². The zero-order valence-corrected chi connectivity index (χ0v) is 15.5. The van der Waals surface area contributed by atoms with Gasteiger partial charge in [0.05, 0.1) is 10.7 Å². The summed E-state index contributed by atoms with van der Waals surface area (Å²) in [6, 6.07) is 8.17. The monoisotopic (exact) mass is 372 g/mol. The van der Waals surface area contributed by atoms with Crippen LogP contribution in [-0.2, 0) is 0 Å². The van der Waals surface area contributed by atoms with Crippen molar-refractivity contribution in [2.75, 3.05) is 43.0 Å². The second-order valence-corrected chi connectivity index (χ2v) is 7.02. The van der Waals surface area contributed by atoms with Gasteiger partial charge in [-0.2, -0.15) is 0 Å². The summed E-state index contributed by atoms with van der Waals surface area (Å²) in [5.41, 5.74) is 1.60. The highest BCUT2D eigenvalue weighted by molar-refractivity contribution is 9.09. The predicted molar refractivity (Wildman–Crippen MR) is 96.9 cm³/mol. The Morgan fingerprint density at radius 1 is 1.10 bits per heavy atom. The normalized spacial score (nSPS) is 17.2. The molecule has 1 heterocycles. The van der Waals surface area contributed by atoms with Crippen molar-refractivity contribution >= 4 is 33.2 Å². The molecular weight excluding hydrogens is 348 g/mol. The van der Waals surface area contributed by atoms with E-state index in [2.05, 4.69) is 51.7 Å². The summed E-state index contributed by atoms with van der Waals surface area (Å²) in [5, 5.41) is 1.96. The van der Waals surface area contributed by atoms with Gasteiger partial charge in [0.2, 0.25) is 0 Å². The Morgan fingerprint density at radius 2 is 1.71 bits per heavy atom. The van der Waals surface area contributed by atoms with Gasteiger partial charge in [0.1, 0.15) is 0 Å². The number of para-hydroxylation sites is 1. The van der Waals surface area contributed by atoms with Gasteiger partial charge in [-0.1, -0.05) is 53.5 Å². The lowest BCUT2D eigenvalue weighted by molar-refractivity contribution is 0.152. The van der Waals surface area contributed by atoms with E-state index in [0.717, 1.165) is 36.5 Å². The number of nitrogens with zero attached hydrogens (tertiary/aromatic N) is 2. The largest absolute Gasteiger partial charge is 0.368 e. The number of rotatable bonds is 6. The fourth-order valence-electron chi connectivity index (χ4n) is 3.03.